The lowest BCUT2D eigenvalue weighted by Crippen LogP contribution is -2.51. The summed E-state index contributed by atoms with van der Waals surface area (Å²) in [6.07, 6.45) is -0.757. The Morgan fingerprint density at radius 2 is 1.96 bits per heavy atom. The number of hydrogen-bond donors (Lipinski definition) is 2. The van der Waals surface area contributed by atoms with Crippen molar-refractivity contribution in [2.45, 2.75) is 70.2 Å². The number of amides is 1. The minimum Gasteiger partial charge on any atom is -0.445 e. The fourth-order valence-electron chi connectivity index (χ4n) is 2.32. The van der Waals surface area contributed by atoms with E-state index in [0.717, 1.165) is 5.56 Å². The Morgan fingerprint density at radius 1 is 1.33 bits per heavy atom. The number of aliphatic hydroxyl groups is 1. The van der Waals surface area contributed by atoms with E-state index in [9.17, 15) is 9.90 Å². The maximum absolute atomic E-state index is 12.2. The Bertz CT molecular complexity index is 598. The van der Waals surface area contributed by atoms with Crippen LogP contribution in [0.15, 0.2) is 30.3 Å². The van der Waals surface area contributed by atoms with Crippen LogP contribution in [0.5, 0.6) is 0 Å². The van der Waals surface area contributed by atoms with Crippen LogP contribution in [0.4, 0.5) is 4.79 Å². The molecule has 3 atom stereocenters. The van der Waals surface area contributed by atoms with Crippen molar-refractivity contribution in [3.8, 4) is 0 Å². The summed E-state index contributed by atoms with van der Waals surface area (Å²) in [5, 5.41) is 13.4. The molecule has 1 heterocycles. The van der Waals surface area contributed by atoms with Gasteiger partial charge >= 0.3 is 6.09 Å². The van der Waals surface area contributed by atoms with Crippen molar-refractivity contribution in [2.75, 3.05) is 13.2 Å². The van der Waals surface area contributed by atoms with Crippen LogP contribution in [-0.2, 0) is 20.5 Å². The van der Waals surface area contributed by atoms with Crippen molar-refractivity contribution in [3.63, 3.8) is 0 Å². The van der Waals surface area contributed by atoms with E-state index in [2.05, 4.69) is 39.2 Å². The first-order chi connectivity index (χ1) is 12.6. The lowest BCUT2D eigenvalue weighted by atomic mass is 10.1. The normalized spacial score (nSPS) is 19.3. The Labute approximate surface area is 163 Å². The molecule has 0 bridgehead atoms. The van der Waals surface area contributed by atoms with E-state index in [1.54, 1.807) is 0 Å². The Hall–Kier alpha value is -1.41. The summed E-state index contributed by atoms with van der Waals surface area (Å²) in [5.41, 5.74) is 0.911. The van der Waals surface area contributed by atoms with Crippen molar-refractivity contribution < 1.29 is 23.8 Å². The van der Waals surface area contributed by atoms with Gasteiger partial charge in [0, 0.05) is 6.42 Å². The van der Waals surface area contributed by atoms with Gasteiger partial charge in [-0.05, 0) is 23.7 Å². The van der Waals surface area contributed by atoms with E-state index in [0.29, 0.717) is 13.0 Å². The molecule has 1 aromatic rings. The molecule has 0 radical (unpaired) electrons. The van der Waals surface area contributed by atoms with Crippen molar-refractivity contribution in [2.24, 2.45) is 0 Å². The quantitative estimate of drug-likeness (QED) is 0.494. The fourth-order valence-corrected chi connectivity index (χ4v) is 3.35. The molecule has 1 aliphatic heterocycles. The average Bonchev–Trinajstić information content (AvgIpc) is 3.40. The number of aliphatic hydroxyl groups excluding tert-OH is 1. The topological polar surface area (TPSA) is 80.3 Å². The minimum atomic E-state index is -1.99. The Morgan fingerprint density at radius 3 is 2.52 bits per heavy atom. The molecule has 6 nitrogen and oxygen atoms in total. The number of nitrogens with one attached hydrogen (secondary N) is 1. The van der Waals surface area contributed by atoms with Gasteiger partial charge in [-0.3, -0.25) is 0 Å². The third-order valence-corrected chi connectivity index (χ3v) is 9.82. The van der Waals surface area contributed by atoms with Gasteiger partial charge in [0.05, 0.1) is 31.5 Å². The second-order valence-corrected chi connectivity index (χ2v) is 13.5. The van der Waals surface area contributed by atoms with Crippen LogP contribution in [-0.4, -0.2) is 51.0 Å². The van der Waals surface area contributed by atoms with E-state index in [1.807, 2.05) is 30.3 Å². The van der Waals surface area contributed by atoms with E-state index in [4.69, 9.17) is 13.9 Å². The standard InChI is InChI=1S/C20H33NO5Si/c1-20(2,3)27(4,5)26-14-17(18(22)11-16-13-24-16)21-19(23)25-12-15-9-7-6-8-10-15/h6-10,16-18,22H,11-14H2,1-5H3,(H,21,23)/t16?,17-,18-/m1/s1. The maximum atomic E-state index is 12.2. The summed E-state index contributed by atoms with van der Waals surface area (Å²) in [5.74, 6) is 0. The van der Waals surface area contributed by atoms with Crippen LogP contribution in [0.2, 0.25) is 18.1 Å². The summed E-state index contributed by atoms with van der Waals surface area (Å²) in [4.78, 5) is 12.2. The van der Waals surface area contributed by atoms with Gasteiger partial charge in [-0.15, -0.1) is 0 Å². The van der Waals surface area contributed by atoms with E-state index < -0.39 is 26.6 Å². The van der Waals surface area contributed by atoms with E-state index in [-0.39, 0.29) is 24.4 Å². The third-order valence-electron chi connectivity index (χ3n) is 5.32. The predicted octanol–water partition coefficient (Wildman–Crippen LogP) is 3.45. The number of benzene rings is 1. The molecule has 2 rings (SSSR count). The molecule has 152 valence electrons. The summed E-state index contributed by atoms with van der Waals surface area (Å²) in [7, 11) is -1.99. The molecule has 7 heteroatoms. The highest BCUT2D eigenvalue weighted by Gasteiger charge is 2.39. The molecule has 1 aliphatic rings. The molecular formula is C20H33NO5Si. The summed E-state index contributed by atoms with van der Waals surface area (Å²) < 4.78 is 16.7. The summed E-state index contributed by atoms with van der Waals surface area (Å²) in [6, 6.07) is 8.95. The van der Waals surface area contributed by atoms with Crippen LogP contribution < -0.4 is 5.32 Å². The van der Waals surface area contributed by atoms with Gasteiger partial charge in [0.1, 0.15) is 6.61 Å². The van der Waals surface area contributed by atoms with Gasteiger partial charge in [0.15, 0.2) is 8.32 Å². The summed E-state index contributed by atoms with van der Waals surface area (Å²) in [6.45, 7) is 11.9. The lowest BCUT2D eigenvalue weighted by Gasteiger charge is -2.38. The van der Waals surface area contributed by atoms with Crippen molar-refractivity contribution in [1.82, 2.24) is 5.32 Å². The Balaban J connectivity index is 1.91. The zero-order valence-electron chi connectivity index (χ0n) is 17.0. The molecule has 1 amide bonds. The number of hydrogen-bond acceptors (Lipinski definition) is 5. The number of carbonyl (C=O) groups is 1. The van der Waals surface area contributed by atoms with Gasteiger partial charge < -0.3 is 24.3 Å². The van der Waals surface area contributed by atoms with Crippen molar-refractivity contribution in [3.05, 3.63) is 35.9 Å². The lowest BCUT2D eigenvalue weighted by molar-refractivity contribution is 0.0690. The van der Waals surface area contributed by atoms with Crippen molar-refractivity contribution in [1.29, 1.82) is 0 Å². The molecule has 1 saturated heterocycles. The van der Waals surface area contributed by atoms with Crippen LogP contribution in [0.1, 0.15) is 32.8 Å². The molecule has 0 saturated carbocycles. The first kappa shape index (κ1) is 21.9. The maximum Gasteiger partial charge on any atom is 0.407 e. The molecular weight excluding hydrogens is 362 g/mol. The highest BCUT2D eigenvalue weighted by Crippen LogP contribution is 2.36. The van der Waals surface area contributed by atoms with Gasteiger partial charge in [0.2, 0.25) is 0 Å². The second-order valence-electron chi connectivity index (χ2n) is 8.64. The highest BCUT2D eigenvalue weighted by molar-refractivity contribution is 6.74. The zero-order chi connectivity index (χ0) is 20.1. The third kappa shape index (κ3) is 7.25. The van der Waals surface area contributed by atoms with Crippen LogP contribution in [0, 0.1) is 0 Å². The molecule has 27 heavy (non-hydrogen) atoms. The number of ether oxygens (including phenoxy) is 2. The second kappa shape index (κ2) is 9.19. The molecule has 0 aliphatic carbocycles. The number of alkyl carbamates (subject to hydrolysis) is 1. The number of epoxide rings is 1. The van der Waals surface area contributed by atoms with E-state index in [1.165, 1.54) is 0 Å². The van der Waals surface area contributed by atoms with Gasteiger partial charge in [-0.2, -0.15) is 0 Å². The number of carbonyl (C=O) groups excluding carboxylic acids is 1. The van der Waals surface area contributed by atoms with Crippen LogP contribution >= 0.6 is 0 Å². The molecule has 1 aromatic carbocycles. The fraction of sp³-hybridized carbons (Fsp3) is 0.650. The zero-order valence-corrected chi connectivity index (χ0v) is 18.0. The largest absolute Gasteiger partial charge is 0.445 e. The Kier molecular flexibility index (Phi) is 7.45. The molecule has 0 spiro atoms. The molecule has 1 unspecified atom stereocenters. The average molecular weight is 396 g/mol. The first-order valence-corrected chi connectivity index (χ1v) is 12.4. The molecule has 1 fully saturated rings. The van der Waals surface area contributed by atoms with E-state index >= 15 is 0 Å². The smallest absolute Gasteiger partial charge is 0.407 e. The summed E-state index contributed by atoms with van der Waals surface area (Å²) >= 11 is 0. The molecule has 2 N–H and O–H groups in total. The van der Waals surface area contributed by atoms with Crippen molar-refractivity contribution >= 4 is 14.4 Å². The van der Waals surface area contributed by atoms with Gasteiger partial charge in [-0.1, -0.05) is 51.1 Å². The van der Waals surface area contributed by atoms with Crippen LogP contribution in [0.25, 0.3) is 0 Å². The van der Waals surface area contributed by atoms with Gasteiger partial charge in [0.25, 0.3) is 0 Å². The monoisotopic (exact) mass is 395 g/mol. The number of rotatable bonds is 9. The SMILES string of the molecule is CC(C)(C)[Si](C)(C)OC[C@@H](NC(=O)OCc1ccccc1)[C@H](O)CC1CO1. The van der Waals surface area contributed by atoms with Gasteiger partial charge in [-0.25, -0.2) is 4.79 Å². The van der Waals surface area contributed by atoms with Crippen LogP contribution in [0.3, 0.4) is 0 Å². The first-order valence-electron chi connectivity index (χ1n) is 9.49. The highest BCUT2D eigenvalue weighted by atomic mass is 28.4. The predicted molar refractivity (Wildman–Crippen MR) is 107 cm³/mol. The molecule has 0 aromatic heterocycles. The minimum absolute atomic E-state index is 0.0515.